The fourth-order valence-electron chi connectivity index (χ4n) is 2.05. The first kappa shape index (κ1) is 19.1. The molecule has 7 nitrogen and oxygen atoms in total. The van der Waals surface area contributed by atoms with E-state index in [2.05, 4.69) is 9.97 Å². The predicted molar refractivity (Wildman–Crippen MR) is 98.1 cm³/mol. The zero-order chi connectivity index (χ0) is 18.4. The highest BCUT2D eigenvalue weighted by atomic mass is 35.5. The summed E-state index contributed by atoms with van der Waals surface area (Å²) in [7, 11) is 1.74. The van der Waals surface area contributed by atoms with Crippen LogP contribution in [-0.4, -0.2) is 42.0 Å². The zero-order valence-corrected chi connectivity index (χ0v) is 15.8. The Bertz CT molecular complexity index is 735. The Kier molecular flexibility index (Phi) is 6.72. The van der Waals surface area contributed by atoms with E-state index in [0.29, 0.717) is 28.2 Å². The van der Waals surface area contributed by atoms with Gasteiger partial charge in [0.2, 0.25) is 5.91 Å². The van der Waals surface area contributed by atoms with E-state index < -0.39 is 5.97 Å². The van der Waals surface area contributed by atoms with Crippen molar-refractivity contribution in [2.45, 2.75) is 20.5 Å². The van der Waals surface area contributed by atoms with E-state index in [0.717, 1.165) is 0 Å². The van der Waals surface area contributed by atoms with Crippen molar-refractivity contribution in [2.24, 2.45) is 0 Å². The Hall–Kier alpha value is -2.19. The first-order chi connectivity index (χ1) is 11.9. The summed E-state index contributed by atoms with van der Waals surface area (Å²) in [5, 5.41) is 2.91. The minimum atomic E-state index is -0.396. The van der Waals surface area contributed by atoms with E-state index in [1.165, 1.54) is 24.5 Å². The molecule has 2 aromatic heterocycles. The molecule has 0 aliphatic rings. The lowest BCUT2D eigenvalue weighted by Crippen LogP contribution is -2.28. The van der Waals surface area contributed by atoms with Gasteiger partial charge in [-0.05, 0) is 19.1 Å². The van der Waals surface area contributed by atoms with Crippen LogP contribution in [0.25, 0.3) is 0 Å². The molecule has 0 spiro atoms. The monoisotopic (exact) mass is 382 g/mol. The van der Waals surface area contributed by atoms with Crippen LogP contribution in [0.4, 0.5) is 10.9 Å². The molecule has 1 amide bonds. The van der Waals surface area contributed by atoms with E-state index in [1.54, 1.807) is 34.4 Å². The summed E-state index contributed by atoms with van der Waals surface area (Å²) in [5.74, 6) is 0.155. The van der Waals surface area contributed by atoms with E-state index >= 15 is 0 Å². The maximum absolute atomic E-state index is 12.0. The molecule has 0 bridgehead atoms. The Labute approximate surface area is 155 Å². The lowest BCUT2D eigenvalue weighted by molar-refractivity contribution is -0.143. The van der Waals surface area contributed by atoms with Crippen LogP contribution < -0.4 is 9.80 Å². The van der Waals surface area contributed by atoms with Crippen molar-refractivity contribution < 1.29 is 14.3 Å². The molecular formula is C16H19ClN4O3S. The Morgan fingerprint density at radius 2 is 2.12 bits per heavy atom. The molecule has 9 heteroatoms. The molecule has 0 saturated carbocycles. The van der Waals surface area contributed by atoms with Crippen molar-refractivity contribution in [1.82, 2.24) is 9.97 Å². The topological polar surface area (TPSA) is 75.6 Å². The number of likely N-dealkylation sites (N-methyl/N-ethyl adjacent to an activating group) is 1. The molecule has 0 radical (unpaired) electrons. The van der Waals surface area contributed by atoms with Crippen molar-refractivity contribution in [1.29, 1.82) is 0 Å². The largest absolute Gasteiger partial charge is 0.458 e. The molecule has 0 fully saturated rings. The average Bonchev–Trinajstić information content (AvgIpc) is 3.02. The number of anilines is 2. The van der Waals surface area contributed by atoms with Gasteiger partial charge in [-0.2, -0.15) is 0 Å². The fourth-order valence-corrected chi connectivity index (χ4v) is 3.08. The number of thiazole rings is 1. The van der Waals surface area contributed by atoms with Gasteiger partial charge >= 0.3 is 5.97 Å². The molecule has 0 saturated heterocycles. The Balaban J connectivity index is 1.86. The quantitative estimate of drug-likeness (QED) is 0.685. The SMILES string of the molecule is CCN(C(C)=O)c1nc(COC(=O)CN(C)c2ccc(Cl)cn2)cs1. The van der Waals surface area contributed by atoms with Crippen LogP contribution in [0.3, 0.4) is 0 Å². The second-order valence-electron chi connectivity index (χ2n) is 5.24. The second kappa shape index (κ2) is 8.77. The number of ether oxygens (including phenoxy) is 1. The van der Waals surface area contributed by atoms with E-state index in [4.69, 9.17) is 16.3 Å². The highest BCUT2D eigenvalue weighted by Gasteiger charge is 2.15. The third-order valence-electron chi connectivity index (χ3n) is 3.32. The zero-order valence-electron chi connectivity index (χ0n) is 14.2. The second-order valence-corrected chi connectivity index (χ2v) is 6.51. The number of carbonyl (C=O) groups excluding carboxylic acids is 2. The number of carbonyl (C=O) groups is 2. The number of halogens is 1. The lowest BCUT2D eigenvalue weighted by atomic mass is 10.4. The molecule has 25 heavy (non-hydrogen) atoms. The molecule has 0 unspecified atom stereocenters. The molecule has 134 valence electrons. The van der Waals surface area contributed by atoms with Crippen LogP contribution >= 0.6 is 22.9 Å². The van der Waals surface area contributed by atoms with Gasteiger partial charge in [-0.15, -0.1) is 11.3 Å². The fraction of sp³-hybridized carbons (Fsp3) is 0.375. The normalized spacial score (nSPS) is 10.4. The van der Waals surface area contributed by atoms with Crippen LogP contribution in [-0.2, 0) is 20.9 Å². The van der Waals surface area contributed by atoms with E-state index in [9.17, 15) is 9.59 Å². The van der Waals surface area contributed by atoms with Gasteiger partial charge in [0.05, 0.1) is 10.7 Å². The first-order valence-electron chi connectivity index (χ1n) is 7.61. The van der Waals surface area contributed by atoms with Crippen LogP contribution in [0.2, 0.25) is 5.02 Å². The third kappa shape index (κ3) is 5.40. The van der Waals surface area contributed by atoms with Crippen molar-refractivity contribution in [3.63, 3.8) is 0 Å². The van der Waals surface area contributed by atoms with Crippen molar-refractivity contribution in [3.8, 4) is 0 Å². The van der Waals surface area contributed by atoms with Gasteiger partial charge in [-0.3, -0.25) is 14.5 Å². The van der Waals surface area contributed by atoms with Crippen LogP contribution in [0, 0.1) is 0 Å². The van der Waals surface area contributed by atoms with E-state index in [-0.39, 0.29) is 19.1 Å². The number of esters is 1. The molecule has 0 aliphatic heterocycles. The van der Waals surface area contributed by atoms with Gasteiger partial charge in [0.1, 0.15) is 19.0 Å². The third-order valence-corrected chi connectivity index (χ3v) is 4.45. The maximum atomic E-state index is 12.0. The van der Waals surface area contributed by atoms with E-state index in [1.807, 2.05) is 6.92 Å². The van der Waals surface area contributed by atoms with Crippen molar-refractivity contribution in [3.05, 3.63) is 34.4 Å². The van der Waals surface area contributed by atoms with Gasteiger partial charge in [0, 0.05) is 32.1 Å². The highest BCUT2D eigenvalue weighted by molar-refractivity contribution is 7.14. The number of aromatic nitrogens is 2. The maximum Gasteiger partial charge on any atom is 0.325 e. The number of rotatable bonds is 7. The first-order valence-corrected chi connectivity index (χ1v) is 8.87. The Morgan fingerprint density at radius 3 is 2.72 bits per heavy atom. The summed E-state index contributed by atoms with van der Waals surface area (Å²) < 4.78 is 5.24. The molecule has 2 heterocycles. The van der Waals surface area contributed by atoms with Gasteiger partial charge in [0.25, 0.3) is 0 Å². The molecule has 0 atom stereocenters. The number of nitrogens with zero attached hydrogens (tertiary/aromatic N) is 4. The number of hydrogen-bond acceptors (Lipinski definition) is 7. The van der Waals surface area contributed by atoms with Crippen LogP contribution in [0.5, 0.6) is 0 Å². The molecule has 0 aromatic carbocycles. The summed E-state index contributed by atoms with van der Waals surface area (Å²) in [6.07, 6.45) is 1.52. The average molecular weight is 383 g/mol. The minimum Gasteiger partial charge on any atom is -0.458 e. The lowest BCUT2D eigenvalue weighted by Gasteiger charge is -2.16. The number of amides is 1. The Morgan fingerprint density at radius 1 is 1.36 bits per heavy atom. The van der Waals surface area contributed by atoms with Crippen molar-refractivity contribution in [2.75, 3.05) is 29.9 Å². The molecule has 2 aromatic rings. The molecule has 0 aliphatic carbocycles. The van der Waals surface area contributed by atoms with Gasteiger partial charge < -0.3 is 9.64 Å². The van der Waals surface area contributed by atoms with Gasteiger partial charge in [-0.1, -0.05) is 11.6 Å². The molecule has 2 rings (SSSR count). The summed E-state index contributed by atoms with van der Waals surface area (Å²) >= 11 is 7.13. The van der Waals surface area contributed by atoms with Gasteiger partial charge in [-0.25, -0.2) is 9.97 Å². The summed E-state index contributed by atoms with van der Waals surface area (Å²) in [5.41, 5.74) is 0.611. The highest BCUT2D eigenvalue weighted by Crippen LogP contribution is 2.21. The molecule has 0 N–H and O–H groups in total. The van der Waals surface area contributed by atoms with Crippen molar-refractivity contribution >= 4 is 45.8 Å². The smallest absolute Gasteiger partial charge is 0.325 e. The number of pyridine rings is 1. The van der Waals surface area contributed by atoms with Crippen LogP contribution in [0.15, 0.2) is 23.7 Å². The minimum absolute atomic E-state index is 0.0557. The van der Waals surface area contributed by atoms with Crippen LogP contribution in [0.1, 0.15) is 19.5 Å². The standard InChI is InChI=1S/C16H19ClN4O3S/c1-4-21(11(2)22)16-19-13(10-25-16)9-24-15(23)8-20(3)14-6-5-12(17)7-18-14/h5-7,10H,4,8-9H2,1-3H3. The summed E-state index contributed by atoms with van der Waals surface area (Å²) in [4.78, 5) is 35.2. The summed E-state index contributed by atoms with van der Waals surface area (Å²) in [6, 6.07) is 3.43. The predicted octanol–water partition coefficient (Wildman–Crippen LogP) is 2.74. The summed E-state index contributed by atoms with van der Waals surface area (Å²) in [6.45, 7) is 4.03. The molecular weight excluding hydrogens is 364 g/mol. The van der Waals surface area contributed by atoms with Gasteiger partial charge in [0.15, 0.2) is 5.13 Å². The number of hydrogen-bond donors (Lipinski definition) is 0.